The molecule has 0 bridgehead atoms. The van der Waals surface area contributed by atoms with Crippen molar-refractivity contribution in [2.24, 2.45) is 0 Å². The van der Waals surface area contributed by atoms with Gasteiger partial charge in [-0.2, -0.15) is 0 Å². The largest absolute Gasteiger partial charge is 0.393 e. The highest BCUT2D eigenvalue weighted by Gasteiger charge is 2.02. The average Bonchev–Trinajstić information content (AvgIpc) is 2.20. The van der Waals surface area contributed by atoms with Crippen molar-refractivity contribution in [2.45, 2.75) is 38.7 Å². The SMILES string of the molecule is CCC(O)CCCc1cccnc1N. The van der Waals surface area contributed by atoms with Crippen LogP contribution in [0.25, 0.3) is 0 Å². The third kappa shape index (κ3) is 3.34. The molecule has 0 aliphatic heterocycles. The number of aromatic nitrogens is 1. The van der Waals surface area contributed by atoms with Gasteiger partial charge in [-0.15, -0.1) is 0 Å². The lowest BCUT2D eigenvalue weighted by molar-refractivity contribution is 0.158. The molecule has 1 rings (SSSR count). The van der Waals surface area contributed by atoms with Gasteiger partial charge in [0.1, 0.15) is 5.82 Å². The molecule has 1 unspecified atom stereocenters. The highest BCUT2D eigenvalue weighted by Crippen LogP contribution is 2.12. The summed E-state index contributed by atoms with van der Waals surface area (Å²) in [5.74, 6) is 0.610. The number of nitrogen functional groups attached to an aromatic ring is 1. The van der Waals surface area contributed by atoms with E-state index in [4.69, 9.17) is 5.73 Å². The van der Waals surface area contributed by atoms with Crippen LogP contribution in [0.4, 0.5) is 5.82 Å². The zero-order chi connectivity index (χ0) is 10.4. The summed E-state index contributed by atoms with van der Waals surface area (Å²) in [5.41, 5.74) is 6.78. The van der Waals surface area contributed by atoms with Gasteiger partial charge in [-0.05, 0) is 37.3 Å². The average molecular weight is 194 g/mol. The fourth-order valence-corrected chi connectivity index (χ4v) is 1.39. The number of anilines is 1. The third-order valence-electron chi connectivity index (χ3n) is 2.38. The van der Waals surface area contributed by atoms with Crippen LogP contribution in [0.1, 0.15) is 31.7 Å². The van der Waals surface area contributed by atoms with Gasteiger partial charge in [0, 0.05) is 6.20 Å². The maximum absolute atomic E-state index is 9.36. The van der Waals surface area contributed by atoms with E-state index in [2.05, 4.69) is 4.98 Å². The van der Waals surface area contributed by atoms with E-state index in [0.29, 0.717) is 5.82 Å². The molecule has 1 heterocycles. The van der Waals surface area contributed by atoms with Crippen LogP contribution in [0.3, 0.4) is 0 Å². The first kappa shape index (κ1) is 11.0. The summed E-state index contributed by atoms with van der Waals surface area (Å²) < 4.78 is 0. The summed E-state index contributed by atoms with van der Waals surface area (Å²) in [5, 5.41) is 9.36. The molecule has 3 nitrogen and oxygen atoms in total. The smallest absolute Gasteiger partial charge is 0.126 e. The number of hydrogen-bond acceptors (Lipinski definition) is 3. The lowest BCUT2D eigenvalue weighted by Crippen LogP contribution is -2.05. The predicted octanol–water partition coefficient (Wildman–Crippen LogP) is 1.76. The topological polar surface area (TPSA) is 59.1 Å². The zero-order valence-electron chi connectivity index (χ0n) is 8.61. The third-order valence-corrected chi connectivity index (χ3v) is 2.38. The first-order valence-electron chi connectivity index (χ1n) is 5.11. The number of pyridine rings is 1. The number of nitrogens with two attached hydrogens (primary N) is 1. The molecular weight excluding hydrogens is 176 g/mol. The minimum Gasteiger partial charge on any atom is -0.393 e. The van der Waals surface area contributed by atoms with E-state index < -0.39 is 0 Å². The van der Waals surface area contributed by atoms with Gasteiger partial charge in [-0.1, -0.05) is 13.0 Å². The maximum Gasteiger partial charge on any atom is 0.126 e. The molecule has 0 amide bonds. The second-order valence-electron chi connectivity index (χ2n) is 3.50. The molecule has 3 N–H and O–H groups in total. The predicted molar refractivity (Wildman–Crippen MR) is 57.9 cm³/mol. The molecule has 0 aromatic carbocycles. The van der Waals surface area contributed by atoms with Crippen LogP contribution in [0, 0.1) is 0 Å². The normalized spacial score (nSPS) is 12.7. The van der Waals surface area contributed by atoms with Gasteiger partial charge in [0.05, 0.1) is 6.10 Å². The fourth-order valence-electron chi connectivity index (χ4n) is 1.39. The number of rotatable bonds is 5. The number of aliphatic hydroxyl groups is 1. The Hall–Kier alpha value is -1.09. The molecule has 0 saturated carbocycles. The number of aliphatic hydroxyl groups excluding tert-OH is 1. The molecule has 1 aromatic rings. The highest BCUT2D eigenvalue weighted by atomic mass is 16.3. The summed E-state index contributed by atoms with van der Waals surface area (Å²) in [4.78, 5) is 4.01. The van der Waals surface area contributed by atoms with Crippen molar-refractivity contribution in [1.29, 1.82) is 0 Å². The van der Waals surface area contributed by atoms with E-state index in [1.807, 2.05) is 19.1 Å². The van der Waals surface area contributed by atoms with Crippen LogP contribution >= 0.6 is 0 Å². The maximum atomic E-state index is 9.36. The van der Waals surface area contributed by atoms with Gasteiger partial charge >= 0.3 is 0 Å². The first-order chi connectivity index (χ1) is 6.74. The number of aryl methyl sites for hydroxylation is 1. The van der Waals surface area contributed by atoms with Gasteiger partial charge in [0.2, 0.25) is 0 Å². The second-order valence-corrected chi connectivity index (χ2v) is 3.50. The van der Waals surface area contributed by atoms with Crippen LogP contribution in [0.5, 0.6) is 0 Å². The van der Waals surface area contributed by atoms with Crippen molar-refractivity contribution in [3.63, 3.8) is 0 Å². The number of nitrogens with zero attached hydrogens (tertiary/aromatic N) is 1. The Balaban J connectivity index is 2.35. The van der Waals surface area contributed by atoms with Gasteiger partial charge in [0.25, 0.3) is 0 Å². The van der Waals surface area contributed by atoms with Crippen LogP contribution in [0.15, 0.2) is 18.3 Å². The van der Waals surface area contributed by atoms with Crippen molar-refractivity contribution >= 4 is 5.82 Å². The lowest BCUT2D eigenvalue weighted by Gasteiger charge is -2.07. The van der Waals surface area contributed by atoms with E-state index >= 15 is 0 Å². The summed E-state index contributed by atoms with van der Waals surface area (Å²) in [6, 6.07) is 3.88. The van der Waals surface area contributed by atoms with E-state index in [-0.39, 0.29) is 6.10 Å². The molecule has 0 radical (unpaired) electrons. The molecule has 0 saturated heterocycles. The highest BCUT2D eigenvalue weighted by molar-refractivity contribution is 5.38. The standard InChI is InChI=1S/C11H18N2O/c1-2-10(14)7-3-5-9-6-4-8-13-11(9)12/h4,6,8,10,14H,2-3,5,7H2,1H3,(H2,12,13). The Labute approximate surface area is 85.0 Å². The fraction of sp³-hybridized carbons (Fsp3) is 0.545. The van der Waals surface area contributed by atoms with E-state index in [0.717, 1.165) is 31.2 Å². The van der Waals surface area contributed by atoms with Crippen LogP contribution in [-0.2, 0) is 6.42 Å². The first-order valence-corrected chi connectivity index (χ1v) is 5.11. The van der Waals surface area contributed by atoms with Crippen molar-refractivity contribution in [2.75, 3.05) is 5.73 Å². The summed E-state index contributed by atoms with van der Waals surface area (Å²) in [6.07, 6.45) is 5.04. The van der Waals surface area contributed by atoms with Gasteiger partial charge in [0.15, 0.2) is 0 Å². The van der Waals surface area contributed by atoms with Gasteiger partial charge < -0.3 is 10.8 Å². The quantitative estimate of drug-likeness (QED) is 0.750. The van der Waals surface area contributed by atoms with Crippen molar-refractivity contribution in [1.82, 2.24) is 4.98 Å². The number of hydrogen-bond donors (Lipinski definition) is 2. The Morgan fingerprint density at radius 3 is 3.00 bits per heavy atom. The van der Waals surface area contributed by atoms with E-state index in [1.54, 1.807) is 6.20 Å². The van der Waals surface area contributed by atoms with E-state index in [1.165, 1.54) is 0 Å². The molecular formula is C11H18N2O. The molecule has 3 heteroatoms. The summed E-state index contributed by atoms with van der Waals surface area (Å²) in [7, 11) is 0. The van der Waals surface area contributed by atoms with Crippen LogP contribution in [-0.4, -0.2) is 16.2 Å². The molecule has 1 atom stereocenters. The van der Waals surface area contributed by atoms with Crippen molar-refractivity contribution in [3.05, 3.63) is 23.9 Å². The van der Waals surface area contributed by atoms with Crippen molar-refractivity contribution in [3.8, 4) is 0 Å². The molecule has 0 spiro atoms. The lowest BCUT2D eigenvalue weighted by atomic mass is 10.1. The van der Waals surface area contributed by atoms with Crippen LogP contribution in [0.2, 0.25) is 0 Å². The Morgan fingerprint density at radius 1 is 1.57 bits per heavy atom. The molecule has 0 aliphatic rings. The van der Waals surface area contributed by atoms with Crippen LogP contribution < -0.4 is 5.73 Å². The molecule has 1 aromatic heterocycles. The molecule has 0 fully saturated rings. The van der Waals surface area contributed by atoms with E-state index in [9.17, 15) is 5.11 Å². The summed E-state index contributed by atoms with van der Waals surface area (Å²) >= 11 is 0. The minimum absolute atomic E-state index is 0.173. The van der Waals surface area contributed by atoms with Gasteiger partial charge in [-0.3, -0.25) is 0 Å². The summed E-state index contributed by atoms with van der Waals surface area (Å²) in [6.45, 7) is 1.99. The Kier molecular flexibility index (Phi) is 4.40. The Bertz CT molecular complexity index is 276. The van der Waals surface area contributed by atoms with Gasteiger partial charge in [-0.25, -0.2) is 4.98 Å². The monoisotopic (exact) mass is 194 g/mol. The van der Waals surface area contributed by atoms with Crippen molar-refractivity contribution < 1.29 is 5.11 Å². The molecule has 14 heavy (non-hydrogen) atoms. The Morgan fingerprint density at radius 2 is 2.36 bits per heavy atom. The minimum atomic E-state index is -0.173. The zero-order valence-corrected chi connectivity index (χ0v) is 8.61. The molecule has 0 aliphatic carbocycles. The molecule has 78 valence electrons. The second kappa shape index (κ2) is 5.60.